The molecule has 6 nitrogen and oxygen atoms in total. The minimum Gasteiger partial charge on any atom is -0.327 e. The number of anilines is 1. The standard InChI is InChI=1S/C18H22N4O2.ClH/c19-16-7-2-5-14(16)11-17(23)21-15-6-1-4-13(10-15)12-22-9-3-8-20-18(22)24;/h1,3-4,6,8-10,14,16H,2,5,7,11-12,19H2,(H,21,23);1H/t14-,16+;/m0./s1. The van der Waals surface area contributed by atoms with Crippen molar-refractivity contribution in [3.05, 3.63) is 58.8 Å². The molecule has 1 aromatic carbocycles. The van der Waals surface area contributed by atoms with Crippen molar-refractivity contribution in [1.29, 1.82) is 0 Å². The molecule has 134 valence electrons. The molecule has 1 heterocycles. The van der Waals surface area contributed by atoms with E-state index in [4.69, 9.17) is 5.73 Å². The summed E-state index contributed by atoms with van der Waals surface area (Å²) in [7, 11) is 0. The van der Waals surface area contributed by atoms with E-state index in [1.165, 1.54) is 10.8 Å². The highest BCUT2D eigenvalue weighted by Crippen LogP contribution is 2.27. The van der Waals surface area contributed by atoms with Crippen LogP contribution in [-0.2, 0) is 11.3 Å². The molecule has 0 aliphatic heterocycles. The SMILES string of the molecule is Cl.N[C@@H]1CCC[C@H]1CC(=O)Nc1cccc(Cn2cccnc2=O)c1. The van der Waals surface area contributed by atoms with Gasteiger partial charge in [-0.25, -0.2) is 9.78 Å². The van der Waals surface area contributed by atoms with Gasteiger partial charge in [0.25, 0.3) is 0 Å². The van der Waals surface area contributed by atoms with E-state index in [-0.39, 0.29) is 36.0 Å². The van der Waals surface area contributed by atoms with E-state index in [0.717, 1.165) is 30.5 Å². The Morgan fingerprint density at radius 3 is 2.88 bits per heavy atom. The number of rotatable bonds is 5. The van der Waals surface area contributed by atoms with Crippen LogP contribution in [0, 0.1) is 5.92 Å². The van der Waals surface area contributed by atoms with Gasteiger partial charge in [-0.05, 0) is 42.5 Å². The fourth-order valence-corrected chi connectivity index (χ4v) is 3.22. The first-order chi connectivity index (χ1) is 11.6. The summed E-state index contributed by atoms with van der Waals surface area (Å²) >= 11 is 0. The summed E-state index contributed by atoms with van der Waals surface area (Å²) in [5.41, 5.74) is 7.40. The van der Waals surface area contributed by atoms with Crippen LogP contribution in [0.5, 0.6) is 0 Å². The van der Waals surface area contributed by atoms with Crippen molar-refractivity contribution >= 4 is 24.0 Å². The predicted octanol–water partition coefficient (Wildman–Crippen LogP) is 2.17. The van der Waals surface area contributed by atoms with Crippen LogP contribution in [0.25, 0.3) is 0 Å². The summed E-state index contributed by atoms with van der Waals surface area (Å²) in [6.07, 6.45) is 6.78. The minimum atomic E-state index is -0.290. The van der Waals surface area contributed by atoms with Gasteiger partial charge < -0.3 is 11.1 Å². The van der Waals surface area contributed by atoms with Crippen molar-refractivity contribution in [2.24, 2.45) is 11.7 Å². The average Bonchev–Trinajstić information content (AvgIpc) is 2.95. The van der Waals surface area contributed by atoms with E-state index in [9.17, 15) is 9.59 Å². The van der Waals surface area contributed by atoms with E-state index in [1.807, 2.05) is 24.3 Å². The molecule has 0 unspecified atom stereocenters. The van der Waals surface area contributed by atoms with Gasteiger partial charge in [-0.15, -0.1) is 12.4 Å². The molecule has 1 fully saturated rings. The molecule has 3 rings (SSSR count). The Kier molecular flexibility index (Phi) is 6.73. The zero-order valence-corrected chi connectivity index (χ0v) is 14.7. The summed E-state index contributed by atoms with van der Waals surface area (Å²) < 4.78 is 1.53. The molecule has 0 spiro atoms. The summed E-state index contributed by atoms with van der Waals surface area (Å²) in [4.78, 5) is 27.6. The quantitative estimate of drug-likeness (QED) is 0.852. The zero-order chi connectivity index (χ0) is 16.9. The first-order valence-corrected chi connectivity index (χ1v) is 8.27. The van der Waals surface area contributed by atoms with Gasteiger partial charge in [-0.2, -0.15) is 0 Å². The second kappa shape index (κ2) is 8.78. The molecule has 2 aromatic rings. The predicted molar refractivity (Wildman–Crippen MR) is 99.9 cm³/mol. The van der Waals surface area contributed by atoms with Crippen molar-refractivity contribution in [3.8, 4) is 0 Å². The molecule has 0 radical (unpaired) electrons. The van der Waals surface area contributed by atoms with Crippen LogP contribution >= 0.6 is 12.4 Å². The Balaban J connectivity index is 0.00000225. The van der Waals surface area contributed by atoms with Gasteiger partial charge in [0, 0.05) is 30.5 Å². The molecule has 1 saturated carbocycles. The number of nitrogens with one attached hydrogen (secondary N) is 1. The lowest BCUT2D eigenvalue weighted by atomic mass is 10.00. The number of carbonyl (C=O) groups is 1. The second-order valence-corrected chi connectivity index (χ2v) is 6.34. The highest BCUT2D eigenvalue weighted by atomic mass is 35.5. The molecule has 25 heavy (non-hydrogen) atoms. The van der Waals surface area contributed by atoms with E-state index < -0.39 is 0 Å². The van der Waals surface area contributed by atoms with Gasteiger partial charge in [0.15, 0.2) is 0 Å². The topological polar surface area (TPSA) is 90.0 Å². The molecule has 1 amide bonds. The summed E-state index contributed by atoms with van der Waals surface area (Å²) in [6.45, 7) is 0.421. The molecule has 7 heteroatoms. The Labute approximate surface area is 152 Å². The molecular formula is C18H23ClN4O2. The van der Waals surface area contributed by atoms with Crippen LogP contribution in [0.2, 0.25) is 0 Å². The number of halogens is 1. The number of hydrogen-bond donors (Lipinski definition) is 2. The van der Waals surface area contributed by atoms with E-state index in [1.54, 1.807) is 12.3 Å². The van der Waals surface area contributed by atoms with E-state index in [0.29, 0.717) is 13.0 Å². The van der Waals surface area contributed by atoms with E-state index in [2.05, 4.69) is 10.3 Å². The Hall–Kier alpha value is -2.18. The second-order valence-electron chi connectivity index (χ2n) is 6.34. The number of aromatic nitrogens is 2. The van der Waals surface area contributed by atoms with Gasteiger partial charge >= 0.3 is 5.69 Å². The van der Waals surface area contributed by atoms with Crippen molar-refractivity contribution in [2.75, 3.05) is 5.32 Å². The van der Waals surface area contributed by atoms with Gasteiger partial charge in [-0.1, -0.05) is 18.6 Å². The van der Waals surface area contributed by atoms with Gasteiger partial charge in [0.2, 0.25) is 5.91 Å². The first-order valence-electron chi connectivity index (χ1n) is 8.27. The van der Waals surface area contributed by atoms with Crippen LogP contribution in [0.15, 0.2) is 47.5 Å². The molecule has 0 saturated heterocycles. The minimum absolute atomic E-state index is 0. The summed E-state index contributed by atoms with van der Waals surface area (Å²) in [5, 5.41) is 2.93. The van der Waals surface area contributed by atoms with Crippen LogP contribution in [0.3, 0.4) is 0 Å². The lowest BCUT2D eigenvalue weighted by molar-refractivity contribution is -0.117. The maximum atomic E-state index is 12.2. The lowest BCUT2D eigenvalue weighted by Gasteiger charge is -2.15. The first kappa shape index (κ1) is 19.1. The molecule has 1 aliphatic rings. The van der Waals surface area contributed by atoms with Crippen LogP contribution in [0.1, 0.15) is 31.2 Å². The van der Waals surface area contributed by atoms with Crippen molar-refractivity contribution < 1.29 is 4.79 Å². The third-order valence-electron chi connectivity index (χ3n) is 4.51. The van der Waals surface area contributed by atoms with Gasteiger partial charge in [0.05, 0.1) is 6.54 Å². The molecule has 1 aliphatic carbocycles. The molecule has 3 N–H and O–H groups in total. The number of hydrogen-bond acceptors (Lipinski definition) is 4. The molecular weight excluding hydrogens is 340 g/mol. The highest BCUT2D eigenvalue weighted by molar-refractivity contribution is 5.91. The fourth-order valence-electron chi connectivity index (χ4n) is 3.22. The van der Waals surface area contributed by atoms with Crippen molar-refractivity contribution in [2.45, 2.75) is 38.3 Å². The number of nitrogens with two attached hydrogens (primary N) is 1. The molecule has 0 bridgehead atoms. The summed E-state index contributed by atoms with van der Waals surface area (Å²) in [5.74, 6) is 0.273. The Morgan fingerprint density at radius 2 is 2.16 bits per heavy atom. The maximum Gasteiger partial charge on any atom is 0.347 e. The lowest BCUT2D eigenvalue weighted by Crippen LogP contribution is -2.28. The fraction of sp³-hybridized carbons (Fsp3) is 0.389. The maximum absolute atomic E-state index is 12.2. The van der Waals surface area contributed by atoms with Crippen LogP contribution in [-0.4, -0.2) is 21.5 Å². The van der Waals surface area contributed by atoms with Crippen molar-refractivity contribution in [1.82, 2.24) is 9.55 Å². The summed E-state index contributed by atoms with van der Waals surface area (Å²) in [6, 6.07) is 9.38. The zero-order valence-electron chi connectivity index (χ0n) is 13.9. The van der Waals surface area contributed by atoms with Crippen LogP contribution < -0.4 is 16.7 Å². The number of amides is 1. The van der Waals surface area contributed by atoms with Gasteiger partial charge in [0.1, 0.15) is 0 Å². The highest BCUT2D eigenvalue weighted by Gasteiger charge is 2.25. The Morgan fingerprint density at radius 1 is 1.32 bits per heavy atom. The largest absolute Gasteiger partial charge is 0.347 e. The average molecular weight is 363 g/mol. The van der Waals surface area contributed by atoms with Crippen LogP contribution in [0.4, 0.5) is 5.69 Å². The smallest absolute Gasteiger partial charge is 0.327 e. The van der Waals surface area contributed by atoms with Gasteiger partial charge in [-0.3, -0.25) is 9.36 Å². The Bertz CT molecular complexity index is 777. The number of benzene rings is 1. The number of nitrogens with zero attached hydrogens (tertiary/aromatic N) is 2. The van der Waals surface area contributed by atoms with Crippen molar-refractivity contribution in [3.63, 3.8) is 0 Å². The molecule has 2 atom stereocenters. The van der Waals surface area contributed by atoms with E-state index >= 15 is 0 Å². The third kappa shape index (κ3) is 5.14. The number of carbonyl (C=O) groups excluding carboxylic acids is 1. The normalized spacial score (nSPS) is 19.2. The molecule has 1 aromatic heterocycles. The third-order valence-corrected chi connectivity index (χ3v) is 4.51. The monoisotopic (exact) mass is 362 g/mol.